The summed E-state index contributed by atoms with van der Waals surface area (Å²) in [4.78, 5) is 37.5. The van der Waals surface area contributed by atoms with Gasteiger partial charge in [0, 0.05) is 10.2 Å². The average Bonchev–Trinajstić information content (AvgIpc) is 2.74. The first-order chi connectivity index (χ1) is 15.3. The van der Waals surface area contributed by atoms with Crippen LogP contribution in [0.25, 0.3) is 5.69 Å². The molecule has 0 aliphatic carbocycles. The van der Waals surface area contributed by atoms with E-state index in [0.29, 0.717) is 11.4 Å². The van der Waals surface area contributed by atoms with Crippen molar-refractivity contribution in [3.8, 4) is 11.4 Å². The van der Waals surface area contributed by atoms with Crippen molar-refractivity contribution in [2.45, 2.75) is 20.8 Å². The number of benzene rings is 2. The fraction of sp³-hybridized carbons (Fsp3) is 0.217. The Kier molecular flexibility index (Phi) is 7.42. The van der Waals surface area contributed by atoms with Crippen LogP contribution in [0.15, 0.2) is 57.8 Å². The number of aryl methyl sites for hydroxylation is 2. The van der Waals surface area contributed by atoms with Crippen LogP contribution in [0.5, 0.6) is 5.75 Å². The highest BCUT2D eigenvalue weighted by atomic mass is 79.9. The molecule has 0 saturated carbocycles. The van der Waals surface area contributed by atoms with Crippen molar-refractivity contribution >= 4 is 33.5 Å². The molecule has 1 amide bonds. The first-order valence-electron chi connectivity index (χ1n) is 9.86. The van der Waals surface area contributed by atoms with Crippen LogP contribution in [0.2, 0.25) is 0 Å². The lowest BCUT2D eigenvalue weighted by atomic mass is 10.1. The maximum Gasteiger partial charge on any atom is 0.362 e. The molecule has 0 bridgehead atoms. The van der Waals surface area contributed by atoms with Crippen LogP contribution in [0.1, 0.15) is 28.5 Å². The number of halogens is 1. The third-order valence-electron chi connectivity index (χ3n) is 4.43. The zero-order chi connectivity index (χ0) is 23.3. The van der Waals surface area contributed by atoms with Crippen LogP contribution >= 0.6 is 15.9 Å². The molecule has 0 aliphatic rings. The van der Waals surface area contributed by atoms with Gasteiger partial charge < -0.3 is 14.8 Å². The van der Waals surface area contributed by atoms with E-state index >= 15 is 0 Å². The summed E-state index contributed by atoms with van der Waals surface area (Å²) >= 11 is 3.34. The Balaban J connectivity index is 1.86. The number of nitrogens with one attached hydrogen (secondary N) is 1. The molecule has 0 fully saturated rings. The highest BCUT2D eigenvalue weighted by molar-refractivity contribution is 9.10. The van der Waals surface area contributed by atoms with Gasteiger partial charge in [-0.05, 0) is 50.6 Å². The number of nitrogens with zero attached hydrogens (tertiary/aromatic N) is 2. The lowest BCUT2D eigenvalue weighted by Gasteiger charge is -2.13. The van der Waals surface area contributed by atoms with Crippen molar-refractivity contribution in [1.82, 2.24) is 9.78 Å². The molecule has 166 valence electrons. The van der Waals surface area contributed by atoms with E-state index < -0.39 is 24.0 Å². The number of ether oxygens (including phenoxy) is 2. The Hall–Kier alpha value is -3.46. The monoisotopic (exact) mass is 499 g/mol. The SMILES string of the molecule is CCOC(=O)c1nn(-c2cccc(Br)c2)c(=O)cc1OCC(=O)Nc1ccc(C)cc1C. The molecule has 1 N–H and O–H groups in total. The summed E-state index contributed by atoms with van der Waals surface area (Å²) < 4.78 is 12.4. The molecule has 8 nitrogen and oxygen atoms in total. The number of carbonyl (C=O) groups excluding carboxylic acids is 2. The smallest absolute Gasteiger partial charge is 0.362 e. The van der Waals surface area contributed by atoms with Crippen molar-refractivity contribution in [3.63, 3.8) is 0 Å². The van der Waals surface area contributed by atoms with Gasteiger partial charge >= 0.3 is 5.97 Å². The molecule has 0 spiro atoms. The van der Waals surface area contributed by atoms with E-state index in [2.05, 4.69) is 26.3 Å². The first-order valence-corrected chi connectivity index (χ1v) is 10.6. The van der Waals surface area contributed by atoms with E-state index in [1.54, 1.807) is 37.3 Å². The Labute approximate surface area is 193 Å². The van der Waals surface area contributed by atoms with Gasteiger partial charge in [-0.1, -0.05) is 39.7 Å². The van der Waals surface area contributed by atoms with Gasteiger partial charge in [-0.15, -0.1) is 0 Å². The first kappa shape index (κ1) is 23.2. The quantitative estimate of drug-likeness (QED) is 0.496. The lowest BCUT2D eigenvalue weighted by Crippen LogP contribution is -2.27. The molecule has 2 aromatic carbocycles. The van der Waals surface area contributed by atoms with Gasteiger partial charge in [-0.3, -0.25) is 9.59 Å². The molecule has 9 heteroatoms. The topological polar surface area (TPSA) is 99.5 Å². The Bertz CT molecular complexity index is 1220. The predicted octanol–water partition coefficient (Wildman–Crippen LogP) is 3.81. The zero-order valence-electron chi connectivity index (χ0n) is 17.8. The van der Waals surface area contributed by atoms with Gasteiger partial charge in [0.25, 0.3) is 11.5 Å². The molecule has 0 radical (unpaired) electrons. The highest BCUT2D eigenvalue weighted by Crippen LogP contribution is 2.19. The largest absolute Gasteiger partial charge is 0.481 e. The van der Waals surface area contributed by atoms with Crippen molar-refractivity contribution < 1.29 is 19.1 Å². The van der Waals surface area contributed by atoms with Crippen molar-refractivity contribution in [1.29, 1.82) is 0 Å². The third-order valence-corrected chi connectivity index (χ3v) is 4.93. The van der Waals surface area contributed by atoms with Crippen molar-refractivity contribution in [2.24, 2.45) is 0 Å². The summed E-state index contributed by atoms with van der Waals surface area (Å²) in [7, 11) is 0. The van der Waals surface area contributed by atoms with Crippen LogP contribution in [0.3, 0.4) is 0 Å². The van der Waals surface area contributed by atoms with Gasteiger partial charge in [0.1, 0.15) is 0 Å². The molecule has 1 aromatic heterocycles. The molecule has 0 unspecified atom stereocenters. The van der Waals surface area contributed by atoms with Crippen LogP contribution in [-0.4, -0.2) is 34.9 Å². The maximum absolute atomic E-state index is 12.6. The molecule has 1 heterocycles. The molecule has 0 aliphatic heterocycles. The minimum absolute atomic E-state index is 0.114. The standard InChI is InChI=1S/C23H22BrN3O5/c1-4-31-23(30)22-19(12-21(29)27(26-22)17-7-5-6-16(24)11-17)32-13-20(28)25-18-9-8-14(2)10-15(18)3/h5-12H,4,13H2,1-3H3,(H,25,28). The van der Waals surface area contributed by atoms with E-state index in [9.17, 15) is 14.4 Å². The molecular formula is C23H22BrN3O5. The van der Waals surface area contributed by atoms with E-state index in [0.717, 1.165) is 26.3 Å². The number of hydrogen-bond acceptors (Lipinski definition) is 6. The summed E-state index contributed by atoms with van der Waals surface area (Å²) in [5, 5.41) is 6.89. The van der Waals surface area contributed by atoms with Gasteiger partial charge in [0.2, 0.25) is 5.69 Å². The van der Waals surface area contributed by atoms with E-state index in [4.69, 9.17) is 9.47 Å². The second kappa shape index (κ2) is 10.2. The summed E-state index contributed by atoms with van der Waals surface area (Å²) in [6.07, 6.45) is 0. The van der Waals surface area contributed by atoms with Crippen molar-refractivity contribution in [3.05, 3.63) is 80.2 Å². The second-order valence-electron chi connectivity index (χ2n) is 6.96. The Morgan fingerprint density at radius 3 is 2.59 bits per heavy atom. The molecular weight excluding hydrogens is 478 g/mol. The van der Waals surface area contributed by atoms with Gasteiger partial charge in [0.15, 0.2) is 12.4 Å². The summed E-state index contributed by atoms with van der Waals surface area (Å²) in [5.41, 5.74) is 2.36. The number of carbonyl (C=O) groups is 2. The number of aromatic nitrogens is 2. The third kappa shape index (κ3) is 5.61. The molecule has 0 saturated heterocycles. The minimum Gasteiger partial charge on any atom is -0.481 e. The summed E-state index contributed by atoms with van der Waals surface area (Å²) in [6, 6.07) is 13.6. The normalized spacial score (nSPS) is 10.5. The van der Waals surface area contributed by atoms with E-state index in [1.165, 1.54) is 0 Å². The second-order valence-corrected chi connectivity index (χ2v) is 7.88. The fourth-order valence-corrected chi connectivity index (χ4v) is 3.35. The molecule has 32 heavy (non-hydrogen) atoms. The predicted molar refractivity (Wildman–Crippen MR) is 124 cm³/mol. The Morgan fingerprint density at radius 2 is 1.91 bits per heavy atom. The van der Waals surface area contributed by atoms with E-state index in [1.807, 2.05) is 26.0 Å². The molecule has 3 aromatic rings. The van der Waals surface area contributed by atoms with Gasteiger partial charge in [0.05, 0.1) is 18.4 Å². The fourth-order valence-electron chi connectivity index (χ4n) is 2.97. The average molecular weight is 500 g/mol. The van der Waals surface area contributed by atoms with Crippen LogP contribution in [0, 0.1) is 13.8 Å². The number of esters is 1. The van der Waals surface area contributed by atoms with Crippen molar-refractivity contribution in [2.75, 3.05) is 18.5 Å². The van der Waals surface area contributed by atoms with Gasteiger partial charge in [-0.25, -0.2) is 4.79 Å². The van der Waals surface area contributed by atoms with Crippen LogP contribution in [-0.2, 0) is 9.53 Å². The number of hydrogen-bond donors (Lipinski definition) is 1. The van der Waals surface area contributed by atoms with E-state index in [-0.39, 0.29) is 18.1 Å². The maximum atomic E-state index is 12.6. The highest BCUT2D eigenvalue weighted by Gasteiger charge is 2.21. The summed E-state index contributed by atoms with van der Waals surface area (Å²) in [5.74, 6) is -1.33. The number of rotatable bonds is 7. The Morgan fingerprint density at radius 1 is 1.12 bits per heavy atom. The van der Waals surface area contributed by atoms with Crippen LogP contribution in [0.4, 0.5) is 5.69 Å². The number of anilines is 1. The zero-order valence-corrected chi connectivity index (χ0v) is 19.4. The molecule has 0 atom stereocenters. The number of amides is 1. The summed E-state index contributed by atoms with van der Waals surface area (Å²) in [6.45, 7) is 5.20. The van der Waals surface area contributed by atoms with Crippen LogP contribution < -0.4 is 15.6 Å². The molecule has 3 rings (SSSR count). The minimum atomic E-state index is -0.763. The lowest BCUT2D eigenvalue weighted by molar-refractivity contribution is -0.118. The van der Waals surface area contributed by atoms with Gasteiger partial charge in [-0.2, -0.15) is 9.78 Å².